The molecule has 0 amide bonds. The third-order valence-electron chi connectivity index (χ3n) is 3.43. The van der Waals surface area contributed by atoms with Crippen molar-refractivity contribution < 1.29 is 4.52 Å². The summed E-state index contributed by atoms with van der Waals surface area (Å²) in [4.78, 5) is 4.56. The highest BCUT2D eigenvalue weighted by atomic mass is 32.2. The quantitative estimate of drug-likeness (QED) is 0.888. The van der Waals surface area contributed by atoms with Gasteiger partial charge in [0.25, 0.3) is 0 Å². The maximum atomic E-state index is 5.36. The zero-order valence-electron chi connectivity index (χ0n) is 10.0. The second-order valence-electron chi connectivity index (χ2n) is 4.71. The van der Waals surface area contributed by atoms with Gasteiger partial charge in [-0.3, -0.25) is 0 Å². The Balaban J connectivity index is 1.69. The Labute approximate surface area is 110 Å². The number of thioether (sulfide) groups is 2. The molecule has 6 heteroatoms. The van der Waals surface area contributed by atoms with Crippen molar-refractivity contribution in [2.75, 3.05) is 18.8 Å². The lowest BCUT2D eigenvalue weighted by Crippen LogP contribution is -2.40. The molecule has 2 aliphatic heterocycles. The molecule has 1 aromatic heterocycles. The summed E-state index contributed by atoms with van der Waals surface area (Å²) in [5.74, 6) is 3.24. The van der Waals surface area contributed by atoms with Crippen LogP contribution in [-0.4, -0.2) is 39.5 Å². The topological polar surface area (TPSA) is 51.0 Å². The van der Waals surface area contributed by atoms with Gasteiger partial charge in [0.2, 0.25) is 5.89 Å². The predicted octanol–water partition coefficient (Wildman–Crippen LogP) is 2.05. The van der Waals surface area contributed by atoms with E-state index < -0.39 is 0 Å². The van der Waals surface area contributed by atoms with E-state index >= 15 is 0 Å². The number of rotatable bonds is 2. The van der Waals surface area contributed by atoms with Crippen molar-refractivity contribution in [3.05, 3.63) is 11.7 Å². The lowest BCUT2D eigenvalue weighted by atomic mass is 10.0. The first kappa shape index (κ1) is 11.9. The average Bonchev–Trinajstić information content (AvgIpc) is 2.69. The Bertz CT molecular complexity index is 394. The molecule has 0 aliphatic carbocycles. The summed E-state index contributed by atoms with van der Waals surface area (Å²) >= 11 is 3.99. The van der Waals surface area contributed by atoms with Crippen LogP contribution in [-0.2, 0) is 0 Å². The van der Waals surface area contributed by atoms with E-state index in [0.29, 0.717) is 16.4 Å². The monoisotopic (exact) mass is 271 g/mol. The summed E-state index contributed by atoms with van der Waals surface area (Å²) in [5, 5.41) is 9.16. The number of aromatic nitrogens is 2. The number of nitrogens with zero attached hydrogens (tertiary/aromatic N) is 2. The summed E-state index contributed by atoms with van der Waals surface area (Å²) < 4.78 is 5.36. The van der Waals surface area contributed by atoms with E-state index in [1.807, 2.05) is 23.5 Å². The van der Waals surface area contributed by atoms with Gasteiger partial charge in [0.15, 0.2) is 5.82 Å². The standard InChI is InChI=1S/C11H17N3OS2/c1-6-7(2)17-9(5-16-6)10-13-11(15-14-10)8-3-12-4-8/h6-9,12H,3-5H2,1-2H3. The second-order valence-corrected chi connectivity index (χ2v) is 7.71. The van der Waals surface area contributed by atoms with Crippen LogP contribution >= 0.6 is 23.5 Å². The smallest absolute Gasteiger partial charge is 0.232 e. The molecule has 3 unspecified atom stereocenters. The Kier molecular flexibility index (Phi) is 3.36. The molecule has 3 rings (SSSR count). The molecule has 2 saturated heterocycles. The van der Waals surface area contributed by atoms with Gasteiger partial charge >= 0.3 is 0 Å². The van der Waals surface area contributed by atoms with Crippen LogP contribution in [0, 0.1) is 0 Å². The minimum atomic E-state index is 0.400. The Morgan fingerprint density at radius 3 is 2.76 bits per heavy atom. The molecule has 0 bridgehead atoms. The van der Waals surface area contributed by atoms with Gasteiger partial charge in [-0.2, -0.15) is 16.7 Å². The first-order valence-electron chi connectivity index (χ1n) is 6.05. The van der Waals surface area contributed by atoms with Crippen molar-refractivity contribution in [1.29, 1.82) is 0 Å². The molecule has 0 spiro atoms. The average molecular weight is 271 g/mol. The van der Waals surface area contributed by atoms with E-state index in [1.54, 1.807) is 0 Å². The van der Waals surface area contributed by atoms with Crippen LogP contribution in [0.3, 0.4) is 0 Å². The van der Waals surface area contributed by atoms with Gasteiger partial charge in [0.05, 0.1) is 11.2 Å². The third kappa shape index (κ3) is 2.35. The summed E-state index contributed by atoms with van der Waals surface area (Å²) in [6, 6.07) is 0. The fourth-order valence-corrected chi connectivity index (χ4v) is 4.76. The molecule has 17 heavy (non-hydrogen) atoms. The van der Waals surface area contributed by atoms with E-state index in [1.165, 1.54) is 0 Å². The fraction of sp³-hybridized carbons (Fsp3) is 0.818. The Hall–Kier alpha value is -0.200. The molecule has 1 aromatic rings. The third-order valence-corrected chi connectivity index (χ3v) is 6.81. The molecule has 0 aromatic carbocycles. The Morgan fingerprint density at radius 2 is 2.12 bits per heavy atom. The Morgan fingerprint density at radius 1 is 1.29 bits per heavy atom. The molecule has 0 radical (unpaired) electrons. The largest absolute Gasteiger partial charge is 0.339 e. The highest BCUT2D eigenvalue weighted by molar-refractivity contribution is 8.07. The fourth-order valence-electron chi connectivity index (χ4n) is 1.93. The van der Waals surface area contributed by atoms with Crippen LogP contribution in [0.15, 0.2) is 4.52 Å². The number of hydrogen-bond donors (Lipinski definition) is 1. The lowest BCUT2D eigenvalue weighted by Gasteiger charge is -2.29. The van der Waals surface area contributed by atoms with Crippen LogP contribution in [0.2, 0.25) is 0 Å². The predicted molar refractivity (Wildman–Crippen MR) is 71.6 cm³/mol. The molecule has 0 saturated carbocycles. The van der Waals surface area contributed by atoms with E-state index in [9.17, 15) is 0 Å². The van der Waals surface area contributed by atoms with Crippen molar-refractivity contribution >= 4 is 23.5 Å². The second kappa shape index (κ2) is 4.82. The van der Waals surface area contributed by atoms with Gasteiger partial charge in [0.1, 0.15) is 0 Å². The first-order valence-corrected chi connectivity index (χ1v) is 8.04. The van der Waals surface area contributed by atoms with E-state index in [4.69, 9.17) is 4.52 Å². The zero-order chi connectivity index (χ0) is 11.8. The van der Waals surface area contributed by atoms with E-state index in [2.05, 4.69) is 29.3 Å². The first-order chi connectivity index (χ1) is 8.24. The molecule has 4 nitrogen and oxygen atoms in total. The molecular weight excluding hydrogens is 254 g/mol. The normalized spacial score (nSPS) is 34.6. The van der Waals surface area contributed by atoms with Gasteiger partial charge in [-0.25, -0.2) is 0 Å². The van der Waals surface area contributed by atoms with Crippen LogP contribution in [0.1, 0.15) is 36.7 Å². The maximum absolute atomic E-state index is 5.36. The molecular formula is C11H17N3OS2. The maximum Gasteiger partial charge on any atom is 0.232 e. The highest BCUT2D eigenvalue weighted by Gasteiger charge is 2.31. The minimum Gasteiger partial charge on any atom is -0.339 e. The zero-order valence-corrected chi connectivity index (χ0v) is 11.7. The van der Waals surface area contributed by atoms with Gasteiger partial charge in [0, 0.05) is 29.3 Å². The number of hydrogen-bond acceptors (Lipinski definition) is 6. The molecule has 2 fully saturated rings. The van der Waals surface area contributed by atoms with Crippen LogP contribution < -0.4 is 5.32 Å². The van der Waals surface area contributed by atoms with Gasteiger partial charge in [-0.05, 0) is 0 Å². The van der Waals surface area contributed by atoms with Crippen LogP contribution in [0.5, 0.6) is 0 Å². The van der Waals surface area contributed by atoms with Crippen LogP contribution in [0.4, 0.5) is 0 Å². The number of nitrogens with one attached hydrogen (secondary N) is 1. The molecule has 3 atom stereocenters. The summed E-state index contributed by atoms with van der Waals surface area (Å²) in [6.45, 7) is 6.52. The van der Waals surface area contributed by atoms with Crippen molar-refractivity contribution in [2.45, 2.75) is 35.5 Å². The molecule has 3 heterocycles. The van der Waals surface area contributed by atoms with Crippen molar-refractivity contribution in [2.24, 2.45) is 0 Å². The lowest BCUT2D eigenvalue weighted by molar-refractivity contribution is 0.306. The summed E-state index contributed by atoms with van der Waals surface area (Å²) in [6.07, 6.45) is 0. The van der Waals surface area contributed by atoms with Gasteiger partial charge in [-0.15, -0.1) is 11.8 Å². The summed E-state index contributed by atoms with van der Waals surface area (Å²) in [7, 11) is 0. The SMILES string of the molecule is CC1SCC(c2noc(C3CNC3)n2)SC1C. The summed E-state index contributed by atoms with van der Waals surface area (Å²) in [5.41, 5.74) is 0. The minimum absolute atomic E-state index is 0.400. The van der Waals surface area contributed by atoms with Gasteiger partial charge in [-0.1, -0.05) is 19.0 Å². The van der Waals surface area contributed by atoms with Crippen molar-refractivity contribution in [1.82, 2.24) is 15.5 Å². The highest BCUT2D eigenvalue weighted by Crippen LogP contribution is 2.43. The van der Waals surface area contributed by atoms with E-state index in [-0.39, 0.29) is 0 Å². The molecule has 1 N–H and O–H groups in total. The van der Waals surface area contributed by atoms with Crippen molar-refractivity contribution in [3.63, 3.8) is 0 Å². The van der Waals surface area contributed by atoms with E-state index in [0.717, 1.165) is 35.8 Å². The van der Waals surface area contributed by atoms with Crippen molar-refractivity contribution in [3.8, 4) is 0 Å². The van der Waals surface area contributed by atoms with Gasteiger partial charge < -0.3 is 9.84 Å². The molecule has 2 aliphatic rings. The van der Waals surface area contributed by atoms with Crippen LogP contribution in [0.25, 0.3) is 0 Å². The molecule has 94 valence electrons.